The van der Waals surface area contributed by atoms with Crippen molar-refractivity contribution in [2.45, 2.75) is 6.54 Å². The molecule has 0 unspecified atom stereocenters. The van der Waals surface area contributed by atoms with Gasteiger partial charge in [-0.25, -0.2) is 14.6 Å². The maximum Gasteiger partial charge on any atom is 0.253 e. The van der Waals surface area contributed by atoms with E-state index in [-0.39, 0.29) is 5.91 Å². The van der Waals surface area contributed by atoms with Gasteiger partial charge < -0.3 is 10.2 Å². The summed E-state index contributed by atoms with van der Waals surface area (Å²) in [5.41, 5.74) is 3.28. The summed E-state index contributed by atoms with van der Waals surface area (Å²) in [7, 11) is 1.78. The van der Waals surface area contributed by atoms with Crippen LogP contribution in [0.5, 0.6) is 0 Å². The van der Waals surface area contributed by atoms with Crippen molar-refractivity contribution in [2.75, 3.05) is 12.4 Å². The topological polar surface area (TPSA) is 75.9 Å². The number of benzene rings is 2. The molecule has 1 amide bonds. The minimum atomic E-state index is -0.0740. The highest BCUT2D eigenvalue weighted by Crippen LogP contribution is 2.17. The van der Waals surface area contributed by atoms with Crippen molar-refractivity contribution in [3.8, 4) is 5.69 Å². The number of carbonyl (C=O) groups is 1. The summed E-state index contributed by atoms with van der Waals surface area (Å²) in [6.45, 7) is 0.463. The molecule has 144 valence electrons. The average molecular weight is 384 g/mol. The van der Waals surface area contributed by atoms with E-state index in [0.29, 0.717) is 18.1 Å². The molecule has 2 aromatic heterocycles. The normalized spacial score (nSPS) is 10.5. The minimum Gasteiger partial charge on any atom is -0.337 e. The molecule has 0 saturated heterocycles. The number of amides is 1. The zero-order valence-electron chi connectivity index (χ0n) is 15.9. The van der Waals surface area contributed by atoms with E-state index in [1.54, 1.807) is 53.4 Å². The van der Waals surface area contributed by atoms with Crippen molar-refractivity contribution >= 4 is 17.5 Å². The quantitative estimate of drug-likeness (QED) is 0.549. The van der Waals surface area contributed by atoms with Gasteiger partial charge in [0, 0.05) is 49.0 Å². The van der Waals surface area contributed by atoms with Crippen LogP contribution in [0.1, 0.15) is 15.9 Å². The van der Waals surface area contributed by atoms with Crippen LogP contribution in [0.3, 0.4) is 0 Å². The largest absolute Gasteiger partial charge is 0.337 e. The van der Waals surface area contributed by atoms with Crippen LogP contribution in [0, 0.1) is 0 Å². The van der Waals surface area contributed by atoms with Gasteiger partial charge in [-0.05, 0) is 36.4 Å². The van der Waals surface area contributed by atoms with E-state index in [9.17, 15) is 4.79 Å². The van der Waals surface area contributed by atoms with Crippen LogP contribution in [-0.2, 0) is 6.54 Å². The molecule has 7 heteroatoms. The van der Waals surface area contributed by atoms with E-state index in [4.69, 9.17) is 0 Å². The van der Waals surface area contributed by atoms with Gasteiger partial charge in [-0.3, -0.25) is 4.79 Å². The third kappa shape index (κ3) is 4.47. The molecule has 29 heavy (non-hydrogen) atoms. The number of para-hydroxylation sites is 1. The van der Waals surface area contributed by atoms with E-state index < -0.39 is 0 Å². The van der Waals surface area contributed by atoms with E-state index >= 15 is 0 Å². The van der Waals surface area contributed by atoms with Gasteiger partial charge in [0.2, 0.25) is 5.95 Å². The number of rotatable bonds is 6. The highest BCUT2D eigenvalue weighted by Gasteiger charge is 2.14. The number of hydrogen-bond donors (Lipinski definition) is 1. The monoisotopic (exact) mass is 384 g/mol. The Bertz CT molecular complexity index is 1090. The first-order valence-corrected chi connectivity index (χ1v) is 9.17. The standard InChI is InChI=1S/C22H20N6O/c1-27(15-17-14-25-28(16-17)20-9-3-2-4-10-20)21(29)18-7-5-8-19(13-18)26-22-23-11-6-12-24-22/h2-14,16H,15H2,1H3,(H,23,24,26). The lowest BCUT2D eigenvalue weighted by Crippen LogP contribution is -2.26. The molecule has 4 rings (SSSR count). The molecule has 0 spiro atoms. The fourth-order valence-corrected chi connectivity index (χ4v) is 2.95. The van der Waals surface area contributed by atoms with Crippen molar-refractivity contribution in [2.24, 2.45) is 0 Å². The molecule has 0 radical (unpaired) electrons. The Morgan fingerprint density at radius 3 is 2.62 bits per heavy atom. The first kappa shape index (κ1) is 18.4. The second kappa shape index (κ2) is 8.35. The second-order valence-electron chi connectivity index (χ2n) is 6.57. The lowest BCUT2D eigenvalue weighted by Gasteiger charge is -2.17. The fraction of sp³-hybridized carbons (Fsp3) is 0.0909. The molecule has 0 aliphatic heterocycles. The van der Waals surface area contributed by atoms with Crippen LogP contribution < -0.4 is 5.32 Å². The summed E-state index contributed by atoms with van der Waals surface area (Å²) in [4.78, 5) is 22.8. The van der Waals surface area contributed by atoms with Gasteiger partial charge in [0.05, 0.1) is 11.9 Å². The summed E-state index contributed by atoms with van der Waals surface area (Å²) < 4.78 is 1.80. The average Bonchev–Trinajstić information content (AvgIpc) is 3.23. The van der Waals surface area contributed by atoms with Crippen molar-refractivity contribution < 1.29 is 4.79 Å². The molecule has 0 saturated carbocycles. The Labute approximate surface area is 168 Å². The Hall–Kier alpha value is -4.00. The molecule has 0 aliphatic carbocycles. The Morgan fingerprint density at radius 2 is 1.83 bits per heavy atom. The second-order valence-corrected chi connectivity index (χ2v) is 6.57. The van der Waals surface area contributed by atoms with Crippen molar-refractivity contribution in [1.82, 2.24) is 24.6 Å². The van der Waals surface area contributed by atoms with Gasteiger partial charge in [0.1, 0.15) is 0 Å². The van der Waals surface area contributed by atoms with Gasteiger partial charge in [-0.1, -0.05) is 24.3 Å². The first-order chi connectivity index (χ1) is 14.2. The van der Waals surface area contributed by atoms with Gasteiger partial charge in [0.15, 0.2) is 0 Å². The van der Waals surface area contributed by atoms with E-state index in [1.807, 2.05) is 48.7 Å². The highest BCUT2D eigenvalue weighted by atomic mass is 16.2. The number of aromatic nitrogens is 4. The van der Waals surface area contributed by atoms with Crippen LogP contribution in [0.4, 0.5) is 11.6 Å². The third-order valence-corrected chi connectivity index (χ3v) is 4.35. The van der Waals surface area contributed by atoms with Gasteiger partial charge in [-0.15, -0.1) is 0 Å². The third-order valence-electron chi connectivity index (χ3n) is 4.35. The maximum absolute atomic E-state index is 12.9. The molecular weight excluding hydrogens is 364 g/mol. The number of anilines is 2. The molecule has 0 aliphatic rings. The van der Waals surface area contributed by atoms with Crippen LogP contribution in [0.2, 0.25) is 0 Å². The molecular formula is C22H20N6O. The predicted octanol–water partition coefficient (Wildman–Crippen LogP) is 3.68. The summed E-state index contributed by atoms with van der Waals surface area (Å²) in [6, 6.07) is 18.9. The number of nitrogens with zero attached hydrogens (tertiary/aromatic N) is 5. The molecule has 0 atom stereocenters. The molecule has 2 heterocycles. The van der Waals surface area contributed by atoms with E-state index in [1.165, 1.54) is 0 Å². The van der Waals surface area contributed by atoms with Gasteiger partial charge in [-0.2, -0.15) is 5.10 Å². The zero-order valence-corrected chi connectivity index (χ0v) is 15.9. The number of hydrogen-bond acceptors (Lipinski definition) is 5. The Kier molecular flexibility index (Phi) is 5.29. The van der Waals surface area contributed by atoms with E-state index in [2.05, 4.69) is 20.4 Å². The van der Waals surface area contributed by atoms with Crippen LogP contribution >= 0.6 is 0 Å². The lowest BCUT2D eigenvalue weighted by atomic mass is 10.1. The SMILES string of the molecule is CN(Cc1cnn(-c2ccccc2)c1)C(=O)c1cccc(Nc2ncccn2)c1. The van der Waals surface area contributed by atoms with Crippen molar-refractivity contribution in [3.63, 3.8) is 0 Å². The molecule has 4 aromatic rings. The number of carbonyl (C=O) groups excluding carboxylic acids is 1. The predicted molar refractivity (Wildman–Crippen MR) is 111 cm³/mol. The molecule has 0 bridgehead atoms. The van der Waals surface area contributed by atoms with Crippen molar-refractivity contribution in [3.05, 3.63) is 96.6 Å². The maximum atomic E-state index is 12.9. The molecule has 1 N–H and O–H groups in total. The first-order valence-electron chi connectivity index (χ1n) is 9.17. The minimum absolute atomic E-state index is 0.0740. The summed E-state index contributed by atoms with van der Waals surface area (Å²) in [5, 5.41) is 7.49. The molecule has 0 fully saturated rings. The van der Waals surface area contributed by atoms with Crippen LogP contribution in [0.15, 0.2) is 85.5 Å². The zero-order chi connectivity index (χ0) is 20.1. The van der Waals surface area contributed by atoms with Gasteiger partial charge in [0.25, 0.3) is 5.91 Å². The highest BCUT2D eigenvalue weighted by molar-refractivity contribution is 5.95. The number of nitrogens with one attached hydrogen (secondary N) is 1. The molecule has 2 aromatic carbocycles. The summed E-state index contributed by atoms with van der Waals surface area (Å²) in [6.07, 6.45) is 7.03. The van der Waals surface area contributed by atoms with Gasteiger partial charge >= 0.3 is 0 Å². The lowest BCUT2D eigenvalue weighted by molar-refractivity contribution is 0.0785. The Balaban J connectivity index is 1.44. The summed E-state index contributed by atoms with van der Waals surface area (Å²) >= 11 is 0. The van der Waals surface area contributed by atoms with Crippen LogP contribution in [-0.4, -0.2) is 37.6 Å². The van der Waals surface area contributed by atoms with Crippen LogP contribution in [0.25, 0.3) is 5.69 Å². The smallest absolute Gasteiger partial charge is 0.253 e. The summed E-state index contributed by atoms with van der Waals surface area (Å²) in [5.74, 6) is 0.411. The fourth-order valence-electron chi connectivity index (χ4n) is 2.95. The molecule has 7 nitrogen and oxygen atoms in total. The van der Waals surface area contributed by atoms with E-state index in [0.717, 1.165) is 16.9 Å². The van der Waals surface area contributed by atoms with Crippen molar-refractivity contribution in [1.29, 1.82) is 0 Å². The Morgan fingerprint density at radius 1 is 1.03 bits per heavy atom.